The maximum atomic E-state index is 3.98. The predicted molar refractivity (Wildman–Crippen MR) is 488 cm³/mol. The molecule has 0 atom stereocenters. The molecule has 0 saturated carbocycles. The number of nitrogens with zero attached hydrogens (tertiary/aromatic N) is 19. The van der Waals surface area contributed by atoms with Gasteiger partial charge < -0.3 is 0 Å². The molecule has 0 aliphatic carbocycles. The quantitative estimate of drug-likeness (QED) is 0.137. The monoisotopic (exact) mass is 1580 g/mol. The van der Waals surface area contributed by atoms with E-state index in [0.717, 1.165) is 45.7 Å². The molecule has 17 aromatic rings. The lowest BCUT2D eigenvalue weighted by Crippen LogP contribution is -1.84. The SMILES string of the molecule is Cc1ccccc1.Cc1ccccc1.Cc1ccccc1.Cc1ccccc1.Cc1ccccc1.Cc1ccccc1.Cc1ccccn1.Cc1cccnc1.Cc1ccncc1.Cc1ccncc1.Cc1ccncn1.Cc1ccncn1.Cc1cncnc1.Cc1cncnc1.Cc1ncccn1.Cc1ncccn1.Cc1ncncn1. The molecule has 0 radical (unpaired) electrons. The average Bonchev–Trinajstić information content (AvgIpc) is 3.97. The molecule has 0 fully saturated rings. The molecule has 0 aliphatic heterocycles. The first-order valence-electron chi connectivity index (χ1n) is 38.2. The number of hydrogen-bond acceptors (Lipinski definition) is 19. The van der Waals surface area contributed by atoms with Crippen molar-refractivity contribution in [2.45, 2.75) is 118 Å². The van der Waals surface area contributed by atoms with Crippen LogP contribution in [0.1, 0.15) is 95.8 Å². The van der Waals surface area contributed by atoms with E-state index in [2.05, 4.69) is 209 Å². The summed E-state index contributed by atoms with van der Waals surface area (Å²) in [6.07, 6.45) is 39.0. The Labute approximate surface area is 708 Å². The molecule has 19 nitrogen and oxygen atoms in total. The first kappa shape index (κ1) is 102. The van der Waals surface area contributed by atoms with Gasteiger partial charge in [0.1, 0.15) is 55.4 Å². The Kier molecular flexibility index (Phi) is 63.3. The summed E-state index contributed by atoms with van der Waals surface area (Å²) in [5.41, 5.74) is 16.9. The molecule has 0 N–H and O–H groups in total. The van der Waals surface area contributed by atoms with E-state index in [1.54, 1.807) is 111 Å². The van der Waals surface area contributed by atoms with Gasteiger partial charge in [0.05, 0.1) is 0 Å². The summed E-state index contributed by atoms with van der Waals surface area (Å²) < 4.78 is 0. The lowest BCUT2D eigenvalue weighted by Gasteiger charge is -1.82. The van der Waals surface area contributed by atoms with Crippen LogP contribution in [-0.2, 0) is 0 Å². The van der Waals surface area contributed by atoms with Crippen molar-refractivity contribution < 1.29 is 0 Å². The molecule has 0 unspecified atom stereocenters. The minimum absolute atomic E-state index is 0.759. The fraction of sp³-hybridized carbons (Fsp3) is 0.170. The maximum absolute atomic E-state index is 3.98. The Hall–Kier alpha value is -14.6. The highest BCUT2D eigenvalue weighted by atomic mass is 15.0. The molecule has 19 heteroatoms. The second-order valence-corrected chi connectivity index (χ2v) is 25.3. The van der Waals surface area contributed by atoms with Crippen LogP contribution in [0.25, 0.3) is 0 Å². The summed E-state index contributed by atoms with van der Waals surface area (Å²) in [4.78, 5) is 72.5. The van der Waals surface area contributed by atoms with Crippen LogP contribution >= 0.6 is 0 Å². The summed E-state index contributed by atoms with van der Waals surface area (Å²) in [6.45, 7) is 33.9. The number of aromatic nitrogens is 19. The summed E-state index contributed by atoms with van der Waals surface area (Å²) >= 11 is 0. The van der Waals surface area contributed by atoms with Gasteiger partial charge >= 0.3 is 0 Å². The molecule has 6 aromatic carbocycles. The van der Waals surface area contributed by atoms with E-state index in [1.807, 2.05) is 258 Å². The third-order valence-electron chi connectivity index (χ3n) is 13.8. The van der Waals surface area contributed by atoms with Crippen molar-refractivity contribution in [1.82, 2.24) is 94.7 Å². The van der Waals surface area contributed by atoms with E-state index in [-0.39, 0.29) is 0 Å². The van der Waals surface area contributed by atoms with Crippen LogP contribution in [0.2, 0.25) is 0 Å². The topological polar surface area (TPSA) is 245 Å². The first-order chi connectivity index (χ1) is 57.7. The van der Waals surface area contributed by atoms with Gasteiger partial charge in [-0.2, -0.15) is 0 Å². The normalized spacial score (nSPS) is 8.71. The van der Waals surface area contributed by atoms with Crippen molar-refractivity contribution in [1.29, 1.82) is 0 Å². The molecule has 612 valence electrons. The van der Waals surface area contributed by atoms with E-state index in [0.29, 0.717) is 0 Å². The second kappa shape index (κ2) is 73.6. The van der Waals surface area contributed by atoms with Crippen LogP contribution in [-0.4, -0.2) is 94.7 Å². The molecule has 0 bridgehead atoms. The molecule has 0 spiro atoms. The predicted octanol–water partition coefficient (Wildman–Crippen LogP) is 22.4. The zero-order valence-corrected chi connectivity index (χ0v) is 72.1. The van der Waals surface area contributed by atoms with E-state index in [4.69, 9.17) is 0 Å². The van der Waals surface area contributed by atoms with Crippen molar-refractivity contribution in [2.75, 3.05) is 0 Å². The van der Waals surface area contributed by atoms with Crippen molar-refractivity contribution >= 4 is 0 Å². The van der Waals surface area contributed by atoms with Crippen LogP contribution in [0.4, 0.5) is 0 Å². The van der Waals surface area contributed by atoms with Gasteiger partial charge in [-0.25, -0.2) is 74.8 Å². The van der Waals surface area contributed by atoms with Crippen molar-refractivity contribution in [3.05, 3.63) is 500 Å². The van der Waals surface area contributed by atoms with E-state index in [9.17, 15) is 0 Å². The molecule has 0 aliphatic rings. The maximum Gasteiger partial charge on any atom is 0.128 e. The van der Waals surface area contributed by atoms with Gasteiger partial charge in [-0.15, -0.1) is 0 Å². The van der Waals surface area contributed by atoms with Gasteiger partial charge in [0, 0.05) is 122 Å². The standard InChI is InChI=1S/6C7H8.4C6H7N.6C5H6N2.C4H5N3/c6*1-7-5-3-2-4-6-7;2*1-6-2-4-7-5-3-6;1-6-3-2-4-7-5-6;1-6-4-2-3-5-7-6;2*1-5-2-6-4-7-3-5;2*1-5-2-3-6-4-7-5;2*1-5-6-3-2-4-7-5;1-4-6-2-5-3-7-4/h6*2-6H,1H3;4*2-5H,1H3;6*2-4H,1H3;2-3H,1H3. The molecule has 11 aromatic heterocycles. The lowest BCUT2D eigenvalue weighted by atomic mass is 10.2. The van der Waals surface area contributed by atoms with E-state index in [1.165, 1.54) is 88.0 Å². The highest BCUT2D eigenvalue weighted by Crippen LogP contribution is 1.99. The molecular weight excluding hydrogens is 1470 g/mol. The Balaban J connectivity index is 0.000000632. The second-order valence-electron chi connectivity index (χ2n) is 25.3. The van der Waals surface area contributed by atoms with Crippen molar-refractivity contribution in [3.63, 3.8) is 0 Å². The lowest BCUT2D eigenvalue weighted by molar-refractivity contribution is 0.974. The summed E-state index contributed by atoms with van der Waals surface area (Å²) in [7, 11) is 0. The third kappa shape index (κ3) is 72.1. The molecule has 0 amide bonds. The number of aryl methyl sites for hydroxylation is 17. The van der Waals surface area contributed by atoms with Crippen LogP contribution in [0.3, 0.4) is 0 Å². The van der Waals surface area contributed by atoms with Crippen LogP contribution in [0.5, 0.6) is 0 Å². The smallest absolute Gasteiger partial charge is 0.128 e. The van der Waals surface area contributed by atoms with Gasteiger partial charge in [-0.05, 0) is 212 Å². The molecular formula is C100H117N19. The molecule has 119 heavy (non-hydrogen) atoms. The fourth-order valence-electron chi connectivity index (χ4n) is 7.46. The molecule has 0 saturated heterocycles. The summed E-state index contributed by atoms with van der Waals surface area (Å²) in [6, 6.07) is 86.6. The largest absolute Gasteiger partial charge is 0.265 e. The minimum atomic E-state index is 0.759. The van der Waals surface area contributed by atoms with Crippen molar-refractivity contribution in [2.24, 2.45) is 0 Å². The molecule has 17 rings (SSSR count). The van der Waals surface area contributed by atoms with Gasteiger partial charge in [-0.3, -0.25) is 19.9 Å². The minimum Gasteiger partial charge on any atom is -0.265 e. The van der Waals surface area contributed by atoms with Gasteiger partial charge in [0.15, 0.2) is 0 Å². The number of pyridine rings is 4. The number of rotatable bonds is 0. The van der Waals surface area contributed by atoms with Gasteiger partial charge in [-0.1, -0.05) is 228 Å². The average molecular weight is 1590 g/mol. The number of benzene rings is 6. The van der Waals surface area contributed by atoms with Crippen molar-refractivity contribution in [3.8, 4) is 0 Å². The van der Waals surface area contributed by atoms with Crippen LogP contribution < -0.4 is 0 Å². The highest BCUT2D eigenvalue weighted by Gasteiger charge is 1.84. The van der Waals surface area contributed by atoms with E-state index >= 15 is 0 Å². The Morgan fingerprint density at radius 3 is 0.504 bits per heavy atom. The van der Waals surface area contributed by atoms with E-state index < -0.39 is 0 Å². The first-order valence-corrected chi connectivity index (χ1v) is 38.2. The number of hydrogen-bond donors (Lipinski definition) is 0. The summed E-state index contributed by atoms with van der Waals surface area (Å²) in [5, 5.41) is 0. The Bertz CT molecular complexity index is 3590. The highest BCUT2D eigenvalue weighted by molar-refractivity contribution is 5.17. The third-order valence-corrected chi connectivity index (χ3v) is 13.8. The zero-order valence-electron chi connectivity index (χ0n) is 72.1. The zero-order chi connectivity index (χ0) is 86.9. The Morgan fingerprint density at radius 1 is 0.126 bits per heavy atom. The van der Waals surface area contributed by atoms with Gasteiger partial charge in [0.25, 0.3) is 0 Å². The fourth-order valence-corrected chi connectivity index (χ4v) is 7.46. The van der Waals surface area contributed by atoms with Crippen LogP contribution in [0.15, 0.2) is 404 Å². The van der Waals surface area contributed by atoms with Crippen LogP contribution in [0, 0.1) is 118 Å². The Morgan fingerprint density at radius 2 is 0.370 bits per heavy atom. The molecule has 11 heterocycles. The summed E-state index contributed by atoms with van der Waals surface area (Å²) in [5.74, 6) is 2.40. The van der Waals surface area contributed by atoms with Gasteiger partial charge in [0.2, 0.25) is 0 Å².